The molecule has 1 aromatic carbocycles. The number of rotatable bonds is 3. The van der Waals surface area contributed by atoms with Crippen LogP contribution in [0.3, 0.4) is 0 Å². The van der Waals surface area contributed by atoms with Gasteiger partial charge in [-0.1, -0.05) is 12.1 Å². The Morgan fingerprint density at radius 3 is 2.60 bits per heavy atom. The van der Waals surface area contributed by atoms with Gasteiger partial charge in [0.1, 0.15) is 5.75 Å². The minimum absolute atomic E-state index is 0.369. The number of hydrogen-bond acceptors (Lipinski definition) is 3. The average Bonchev–Trinajstić information content (AvgIpc) is 2.16. The predicted octanol–water partition coefficient (Wildman–Crippen LogP) is 1.80. The summed E-state index contributed by atoms with van der Waals surface area (Å²) in [6.45, 7) is 2.88. The fourth-order valence-electron chi connectivity index (χ4n) is 1.16. The first-order valence-electron chi connectivity index (χ1n) is 4.52. The van der Waals surface area contributed by atoms with Crippen LogP contribution >= 0.6 is 0 Å². The Labute approximate surface area is 87.5 Å². The Hall–Kier alpha value is -1.84. The van der Waals surface area contributed by atoms with Gasteiger partial charge in [-0.3, -0.25) is 9.59 Å². The van der Waals surface area contributed by atoms with Crippen molar-refractivity contribution >= 4 is 11.9 Å². The summed E-state index contributed by atoms with van der Waals surface area (Å²) in [6, 6.07) is 6.51. The molecule has 0 saturated heterocycles. The molecule has 0 aliphatic heterocycles. The van der Waals surface area contributed by atoms with Crippen LogP contribution in [0.5, 0.6) is 5.75 Å². The number of esters is 1. The average molecular weight is 208 g/mol. The second-order valence-corrected chi connectivity index (χ2v) is 3.23. The number of ether oxygens (including phenoxy) is 1. The molecule has 0 saturated carbocycles. The summed E-state index contributed by atoms with van der Waals surface area (Å²) in [7, 11) is 0. The molecule has 15 heavy (non-hydrogen) atoms. The van der Waals surface area contributed by atoms with E-state index in [2.05, 4.69) is 0 Å². The van der Waals surface area contributed by atoms with Crippen molar-refractivity contribution in [1.82, 2.24) is 0 Å². The number of carboxylic acids is 1. The molecular weight excluding hydrogens is 196 g/mol. The summed E-state index contributed by atoms with van der Waals surface area (Å²) < 4.78 is 4.85. The molecule has 0 heterocycles. The molecule has 0 aliphatic rings. The van der Waals surface area contributed by atoms with Gasteiger partial charge in [-0.15, -0.1) is 0 Å². The topological polar surface area (TPSA) is 63.6 Å². The van der Waals surface area contributed by atoms with Gasteiger partial charge >= 0.3 is 11.9 Å². The minimum atomic E-state index is -0.907. The number of hydrogen-bond donors (Lipinski definition) is 1. The van der Waals surface area contributed by atoms with Gasteiger partial charge in [0.25, 0.3) is 0 Å². The van der Waals surface area contributed by atoms with Gasteiger partial charge in [-0.2, -0.15) is 0 Å². The molecule has 1 atom stereocenters. The van der Waals surface area contributed by atoms with Crippen molar-refractivity contribution in [2.45, 2.75) is 19.8 Å². The molecule has 0 amide bonds. The van der Waals surface area contributed by atoms with Crippen molar-refractivity contribution in [1.29, 1.82) is 0 Å². The van der Waals surface area contributed by atoms with Crippen LogP contribution in [0.2, 0.25) is 0 Å². The third-order valence-corrected chi connectivity index (χ3v) is 1.99. The van der Waals surface area contributed by atoms with Crippen molar-refractivity contribution in [2.24, 2.45) is 0 Å². The number of carbonyl (C=O) groups excluding carboxylic acids is 1. The van der Waals surface area contributed by atoms with E-state index in [1.807, 2.05) is 0 Å². The van der Waals surface area contributed by atoms with E-state index in [9.17, 15) is 9.59 Å². The highest BCUT2D eigenvalue weighted by atomic mass is 16.5. The van der Waals surface area contributed by atoms with Crippen molar-refractivity contribution in [3.8, 4) is 5.75 Å². The molecule has 0 bridgehead atoms. The van der Waals surface area contributed by atoms with Crippen LogP contribution in [0.1, 0.15) is 25.3 Å². The van der Waals surface area contributed by atoms with E-state index in [4.69, 9.17) is 9.84 Å². The number of carboxylic acid groups (broad SMARTS) is 1. The number of carbonyl (C=O) groups is 2. The van der Waals surface area contributed by atoms with E-state index in [-0.39, 0.29) is 0 Å². The summed E-state index contributed by atoms with van der Waals surface area (Å²) in [5.74, 6) is -1.57. The van der Waals surface area contributed by atoms with Gasteiger partial charge < -0.3 is 9.84 Å². The monoisotopic (exact) mass is 208 g/mol. The maximum atomic E-state index is 10.7. The van der Waals surface area contributed by atoms with Gasteiger partial charge in [-0.05, 0) is 24.6 Å². The Morgan fingerprint density at radius 1 is 1.40 bits per heavy atom. The lowest BCUT2D eigenvalue weighted by molar-refractivity contribution is -0.138. The van der Waals surface area contributed by atoms with E-state index < -0.39 is 17.9 Å². The highest BCUT2D eigenvalue weighted by Gasteiger charge is 2.14. The van der Waals surface area contributed by atoms with Gasteiger partial charge in [0, 0.05) is 6.92 Å². The standard InChI is InChI=1S/C11H12O4/c1-7(11(13)14)9-4-3-5-10(6-9)15-8(2)12/h3-7H,1-2H3,(H,13,14). The van der Waals surface area contributed by atoms with Crippen molar-refractivity contribution in [2.75, 3.05) is 0 Å². The van der Waals surface area contributed by atoms with Crippen LogP contribution in [0.4, 0.5) is 0 Å². The lowest BCUT2D eigenvalue weighted by Gasteiger charge is -2.08. The van der Waals surface area contributed by atoms with Crippen LogP contribution in [0, 0.1) is 0 Å². The van der Waals surface area contributed by atoms with Crippen LogP contribution < -0.4 is 4.74 Å². The van der Waals surface area contributed by atoms with Gasteiger partial charge in [0.15, 0.2) is 0 Å². The van der Waals surface area contributed by atoms with Crippen LogP contribution in [0.15, 0.2) is 24.3 Å². The zero-order valence-electron chi connectivity index (χ0n) is 8.56. The molecule has 1 unspecified atom stereocenters. The van der Waals surface area contributed by atoms with E-state index in [1.54, 1.807) is 31.2 Å². The maximum Gasteiger partial charge on any atom is 0.310 e. The Balaban J connectivity index is 2.92. The number of benzene rings is 1. The van der Waals surface area contributed by atoms with Crippen LogP contribution in [-0.2, 0) is 9.59 Å². The molecule has 1 aromatic rings. The molecular formula is C11H12O4. The van der Waals surface area contributed by atoms with Crippen LogP contribution in [-0.4, -0.2) is 17.0 Å². The fourth-order valence-corrected chi connectivity index (χ4v) is 1.16. The lowest BCUT2D eigenvalue weighted by Crippen LogP contribution is -2.08. The van der Waals surface area contributed by atoms with Crippen molar-refractivity contribution < 1.29 is 19.4 Å². The Morgan fingerprint density at radius 2 is 2.07 bits per heavy atom. The van der Waals surface area contributed by atoms with Gasteiger partial charge in [0.05, 0.1) is 5.92 Å². The molecule has 80 valence electrons. The van der Waals surface area contributed by atoms with Gasteiger partial charge in [0.2, 0.25) is 0 Å². The largest absolute Gasteiger partial charge is 0.481 e. The first-order valence-corrected chi connectivity index (χ1v) is 4.52. The molecule has 0 aromatic heterocycles. The molecule has 0 aliphatic carbocycles. The highest BCUT2D eigenvalue weighted by Crippen LogP contribution is 2.20. The third kappa shape index (κ3) is 3.09. The summed E-state index contributed by atoms with van der Waals surface area (Å²) in [6.07, 6.45) is 0. The molecule has 4 nitrogen and oxygen atoms in total. The smallest absolute Gasteiger partial charge is 0.310 e. The zero-order chi connectivity index (χ0) is 11.4. The Kier molecular flexibility index (Phi) is 3.44. The zero-order valence-corrected chi connectivity index (χ0v) is 8.56. The van der Waals surface area contributed by atoms with Gasteiger partial charge in [-0.25, -0.2) is 0 Å². The van der Waals surface area contributed by atoms with E-state index in [1.165, 1.54) is 6.92 Å². The third-order valence-electron chi connectivity index (χ3n) is 1.99. The first kappa shape index (κ1) is 11.2. The molecule has 0 radical (unpaired) electrons. The predicted molar refractivity (Wildman–Crippen MR) is 53.8 cm³/mol. The highest BCUT2D eigenvalue weighted by molar-refractivity contribution is 5.76. The minimum Gasteiger partial charge on any atom is -0.481 e. The molecule has 4 heteroatoms. The lowest BCUT2D eigenvalue weighted by atomic mass is 10.0. The summed E-state index contributed by atoms with van der Waals surface area (Å²) >= 11 is 0. The molecule has 1 rings (SSSR count). The van der Waals surface area contributed by atoms with Crippen molar-refractivity contribution in [3.05, 3.63) is 29.8 Å². The van der Waals surface area contributed by atoms with E-state index >= 15 is 0 Å². The molecule has 0 fully saturated rings. The summed E-state index contributed by atoms with van der Waals surface area (Å²) in [5.41, 5.74) is 0.612. The van der Waals surface area contributed by atoms with E-state index in [0.29, 0.717) is 11.3 Å². The SMILES string of the molecule is CC(=O)Oc1cccc(C(C)C(=O)O)c1. The maximum absolute atomic E-state index is 10.7. The Bertz CT molecular complexity index is 384. The van der Waals surface area contributed by atoms with Crippen molar-refractivity contribution in [3.63, 3.8) is 0 Å². The first-order chi connectivity index (χ1) is 7.00. The second-order valence-electron chi connectivity index (χ2n) is 3.23. The van der Waals surface area contributed by atoms with Crippen LogP contribution in [0.25, 0.3) is 0 Å². The second kappa shape index (κ2) is 4.59. The van der Waals surface area contributed by atoms with E-state index in [0.717, 1.165) is 0 Å². The summed E-state index contributed by atoms with van der Waals surface area (Å²) in [5, 5.41) is 8.80. The molecule has 0 spiro atoms. The fraction of sp³-hybridized carbons (Fsp3) is 0.273. The quantitative estimate of drug-likeness (QED) is 0.607. The molecule has 1 N–H and O–H groups in total. The normalized spacial score (nSPS) is 11.9. The number of aliphatic carboxylic acids is 1. The summed E-state index contributed by atoms with van der Waals surface area (Å²) in [4.78, 5) is 21.4.